The zero-order valence-electron chi connectivity index (χ0n) is 11.9. The Hall–Kier alpha value is -2.69. The second kappa shape index (κ2) is 5.36. The van der Waals surface area contributed by atoms with E-state index in [0.29, 0.717) is 5.75 Å². The molecule has 1 atom stereocenters. The Morgan fingerprint density at radius 1 is 1.24 bits per heavy atom. The lowest BCUT2D eigenvalue weighted by molar-refractivity contribution is 0.406. The average molecular weight is 283 g/mol. The Balaban J connectivity index is 1.83. The molecule has 108 valence electrons. The van der Waals surface area contributed by atoms with E-state index in [1.54, 1.807) is 19.4 Å². The highest BCUT2D eigenvalue weighted by Crippen LogP contribution is 2.30. The summed E-state index contributed by atoms with van der Waals surface area (Å²) in [6, 6.07) is 11.3. The number of benzene rings is 2. The number of phenols is 1. The van der Waals surface area contributed by atoms with Gasteiger partial charge >= 0.3 is 0 Å². The molecule has 0 bridgehead atoms. The maximum atomic E-state index is 10.1. The maximum Gasteiger partial charge on any atom is 0.124 e. The summed E-state index contributed by atoms with van der Waals surface area (Å²) in [5, 5.41) is 21.4. The Kier molecular flexibility index (Phi) is 3.39. The summed E-state index contributed by atoms with van der Waals surface area (Å²) in [6.07, 6.45) is 1.79. The van der Waals surface area contributed by atoms with Crippen LogP contribution in [0.15, 0.2) is 42.6 Å². The number of anilines is 1. The number of aromatic nitrogens is 2. The van der Waals surface area contributed by atoms with Crippen LogP contribution in [0.1, 0.15) is 18.5 Å². The first-order valence-electron chi connectivity index (χ1n) is 6.74. The molecule has 0 saturated heterocycles. The van der Waals surface area contributed by atoms with Crippen LogP contribution in [0.3, 0.4) is 0 Å². The topological polar surface area (TPSA) is 70.2 Å². The van der Waals surface area contributed by atoms with Crippen LogP contribution in [0.25, 0.3) is 10.9 Å². The number of hydrogen-bond donors (Lipinski definition) is 3. The SMILES string of the molecule is COc1ccc(C(C)Nc2ccc3[nH]ncc3c2)c(O)c1. The number of rotatable bonds is 4. The smallest absolute Gasteiger partial charge is 0.124 e. The van der Waals surface area contributed by atoms with E-state index in [0.717, 1.165) is 22.2 Å². The Morgan fingerprint density at radius 3 is 2.86 bits per heavy atom. The van der Waals surface area contributed by atoms with Gasteiger partial charge in [0, 0.05) is 22.7 Å². The summed E-state index contributed by atoms with van der Waals surface area (Å²) < 4.78 is 5.10. The first kappa shape index (κ1) is 13.3. The van der Waals surface area contributed by atoms with Gasteiger partial charge in [-0.05, 0) is 37.3 Å². The largest absolute Gasteiger partial charge is 0.507 e. The number of fused-ring (bicyclic) bond motifs is 1. The molecule has 0 radical (unpaired) electrons. The van der Waals surface area contributed by atoms with E-state index in [1.165, 1.54) is 0 Å². The quantitative estimate of drug-likeness (QED) is 0.686. The highest BCUT2D eigenvalue weighted by Gasteiger charge is 2.11. The van der Waals surface area contributed by atoms with Crippen molar-refractivity contribution in [3.63, 3.8) is 0 Å². The zero-order valence-corrected chi connectivity index (χ0v) is 11.9. The number of aromatic hydroxyl groups is 1. The molecule has 3 aromatic rings. The van der Waals surface area contributed by atoms with Crippen LogP contribution >= 0.6 is 0 Å². The summed E-state index contributed by atoms with van der Waals surface area (Å²) in [6.45, 7) is 2.00. The average Bonchev–Trinajstić information content (AvgIpc) is 2.94. The third-order valence-electron chi connectivity index (χ3n) is 3.53. The minimum atomic E-state index is -0.0275. The van der Waals surface area contributed by atoms with Crippen molar-refractivity contribution in [2.75, 3.05) is 12.4 Å². The third-order valence-corrected chi connectivity index (χ3v) is 3.53. The lowest BCUT2D eigenvalue weighted by Gasteiger charge is -2.17. The molecule has 1 unspecified atom stereocenters. The number of aromatic amines is 1. The van der Waals surface area contributed by atoms with Crippen molar-refractivity contribution < 1.29 is 9.84 Å². The highest BCUT2D eigenvalue weighted by atomic mass is 16.5. The van der Waals surface area contributed by atoms with E-state index < -0.39 is 0 Å². The van der Waals surface area contributed by atoms with Gasteiger partial charge in [-0.15, -0.1) is 0 Å². The van der Waals surface area contributed by atoms with E-state index in [4.69, 9.17) is 4.74 Å². The molecule has 21 heavy (non-hydrogen) atoms. The molecule has 1 heterocycles. The number of hydrogen-bond acceptors (Lipinski definition) is 4. The fraction of sp³-hybridized carbons (Fsp3) is 0.188. The van der Waals surface area contributed by atoms with E-state index in [9.17, 15) is 5.11 Å². The number of H-pyrrole nitrogens is 1. The lowest BCUT2D eigenvalue weighted by atomic mass is 10.1. The number of nitrogens with zero attached hydrogens (tertiary/aromatic N) is 1. The predicted molar refractivity (Wildman–Crippen MR) is 82.8 cm³/mol. The molecule has 0 aliphatic heterocycles. The molecule has 0 saturated carbocycles. The minimum absolute atomic E-state index is 0.0275. The van der Waals surface area contributed by atoms with Crippen molar-refractivity contribution in [1.29, 1.82) is 0 Å². The molecule has 2 aromatic carbocycles. The van der Waals surface area contributed by atoms with Crippen LogP contribution in [0.5, 0.6) is 11.5 Å². The fourth-order valence-corrected chi connectivity index (χ4v) is 2.38. The van der Waals surface area contributed by atoms with Crippen molar-refractivity contribution in [2.24, 2.45) is 0 Å². The number of nitrogens with one attached hydrogen (secondary N) is 2. The van der Waals surface area contributed by atoms with Crippen molar-refractivity contribution in [2.45, 2.75) is 13.0 Å². The first-order valence-corrected chi connectivity index (χ1v) is 6.74. The van der Waals surface area contributed by atoms with Gasteiger partial charge < -0.3 is 15.2 Å². The fourth-order valence-electron chi connectivity index (χ4n) is 2.38. The van der Waals surface area contributed by atoms with Crippen LogP contribution in [0.2, 0.25) is 0 Å². The lowest BCUT2D eigenvalue weighted by Crippen LogP contribution is -2.06. The standard InChI is InChI=1S/C16H17N3O2/c1-10(14-5-4-13(21-2)8-16(14)20)18-12-3-6-15-11(7-12)9-17-19-15/h3-10,18,20H,1-2H3,(H,17,19). The molecule has 1 aromatic heterocycles. The number of phenolic OH excluding ortho intramolecular Hbond substituents is 1. The highest BCUT2D eigenvalue weighted by molar-refractivity contribution is 5.81. The Morgan fingerprint density at radius 2 is 2.10 bits per heavy atom. The molecule has 0 fully saturated rings. The molecular formula is C16H17N3O2. The van der Waals surface area contributed by atoms with Crippen LogP contribution in [0, 0.1) is 0 Å². The van der Waals surface area contributed by atoms with Gasteiger partial charge in [0.2, 0.25) is 0 Å². The van der Waals surface area contributed by atoms with Crippen molar-refractivity contribution >= 4 is 16.6 Å². The summed E-state index contributed by atoms with van der Waals surface area (Å²) in [4.78, 5) is 0. The molecular weight excluding hydrogens is 266 g/mol. The van der Waals surface area contributed by atoms with Crippen molar-refractivity contribution in [3.8, 4) is 11.5 Å². The maximum absolute atomic E-state index is 10.1. The second-order valence-electron chi connectivity index (χ2n) is 4.96. The van der Waals surface area contributed by atoms with Gasteiger partial charge in [-0.25, -0.2) is 0 Å². The number of ether oxygens (including phenoxy) is 1. The summed E-state index contributed by atoms with van der Waals surface area (Å²) >= 11 is 0. The second-order valence-corrected chi connectivity index (χ2v) is 4.96. The molecule has 3 N–H and O–H groups in total. The molecule has 3 rings (SSSR count). The van der Waals surface area contributed by atoms with Gasteiger partial charge in [-0.3, -0.25) is 5.10 Å². The molecule has 5 heteroatoms. The van der Waals surface area contributed by atoms with E-state index >= 15 is 0 Å². The van der Waals surface area contributed by atoms with Crippen LogP contribution < -0.4 is 10.1 Å². The van der Waals surface area contributed by atoms with E-state index in [2.05, 4.69) is 15.5 Å². The third kappa shape index (κ3) is 2.63. The van der Waals surface area contributed by atoms with E-state index in [1.807, 2.05) is 37.3 Å². The monoisotopic (exact) mass is 283 g/mol. The summed E-state index contributed by atoms with van der Waals surface area (Å²) in [5.41, 5.74) is 2.80. The van der Waals surface area contributed by atoms with Crippen LogP contribution in [-0.2, 0) is 0 Å². The van der Waals surface area contributed by atoms with Gasteiger partial charge in [0.25, 0.3) is 0 Å². The molecule has 0 aliphatic carbocycles. The zero-order chi connectivity index (χ0) is 14.8. The van der Waals surface area contributed by atoms with Gasteiger partial charge in [0.1, 0.15) is 11.5 Å². The molecule has 0 amide bonds. The van der Waals surface area contributed by atoms with Crippen molar-refractivity contribution in [3.05, 3.63) is 48.2 Å². The summed E-state index contributed by atoms with van der Waals surface area (Å²) in [5.74, 6) is 0.863. The molecule has 5 nitrogen and oxygen atoms in total. The Bertz CT molecular complexity index is 767. The number of methoxy groups -OCH3 is 1. The normalized spacial score (nSPS) is 12.3. The Labute approximate surface area is 122 Å². The van der Waals surface area contributed by atoms with E-state index in [-0.39, 0.29) is 11.8 Å². The molecule has 0 spiro atoms. The first-order chi connectivity index (χ1) is 10.2. The van der Waals surface area contributed by atoms with Gasteiger partial charge in [-0.2, -0.15) is 5.10 Å². The van der Waals surface area contributed by atoms with Gasteiger partial charge in [0.15, 0.2) is 0 Å². The van der Waals surface area contributed by atoms with Crippen LogP contribution in [0.4, 0.5) is 5.69 Å². The van der Waals surface area contributed by atoms with Gasteiger partial charge in [0.05, 0.1) is 24.9 Å². The van der Waals surface area contributed by atoms with Crippen molar-refractivity contribution in [1.82, 2.24) is 10.2 Å². The minimum Gasteiger partial charge on any atom is -0.507 e. The van der Waals surface area contributed by atoms with Crippen LogP contribution in [-0.4, -0.2) is 22.4 Å². The summed E-state index contributed by atoms with van der Waals surface area (Å²) in [7, 11) is 1.58. The predicted octanol–water partition coefficient (Wildman–Crippen LogP) is 3.45. The van der Waals surface area contributed by atoms with Gasteiger partial charge in [-0.1, -0.05) is 0 Å². The molecule has 0 aliphatic rings.